The zero-order chi connectivity index (χ0) is 43.3. The summed E-state index contributed by atoms with van der Waals surface area (Å²) >= 11 is 0. The number of unbranched alkanes of at least 4 members (excludes halogenated alkanes) is 2. The summed E-state index contributed by atoms with van der Waals surface area (Å²) in [7, 11) is 0. The van der Waals surface area contributed by atoms with Crippen LogP contribution in [0.25, 0.3) is 0 Å². The van der Waals surface area contributed by atoms with Crippen molar-refractivity contribution in [2.75, 3.05) is 13.2 Å². The lowest BCUT2D eigenvalue weighted by atomic mass is 9.68. The first-order chi connectivity index (χ1) is 26.2. The molecule has 316 valence electrons. The third kappa shape index (κ3) is 11.0. The Morgan fingerprint density at radius 2 is 1.11 bits per heavy atom. The lowest BCUT2D eigenvalue weighted by Crippen LogP contribution is -2.44. The molecule has 2 N–H and O–H groups in total. The fourth-order valence-corrected chi connectivity index (χ4v) is 7.23. The average molecular weight is 787 g/mol. The smallest absolute Gasteiger partial charge is 0.311 e. The van der Waals surface area contributed by atoms with Crippen molar-refractivity contribution in [1.29, 1.82) is 0 Å². The number of rotatable bonds is 16. The van der Waals surface area contributed by atoms with Crippen molar-refractivity contribution in [2.24, 2.45) is 10.9 Å². The van der Waals surface area contributed by atoms with Crippen LogP contribution in [0.5, 0.6) is 17.2 Å². The van der Waals surface area contributed by atoms with Crippen molar-refractivity contribution >= 4 is 11.9 Å². The monoisotopic (exact) mass is 787 g/mol. The minimum absolute atomic E-state index is 0.180. The van der Waals surface area contributed by atoms with E-state index >= 15 is 0 Å². The number of hydrogen-bond acceptors (Lipinski definition) is 7. The molecule has 3 aromatic carbocycles. The molecule has 0 radical (unpaired) electrons. The van der Waals surface area contributed by atoms with E-state index in [1.54, 1.807) is 6.07 Å². The van der Waals surface area contributed by atoms with Gasteiger partial charge in [0.25, 0.3) is 0 Å². The van der Waals surface area contributed by atoms with Gasteiger partial charge < -0.3 is 19.7 Å². The van der Waals surface area contributed by atoms with Crippen LogP contribution >= 0.6 is 0 Å². The number of nitrogens with zero attached hydrogens (tertiary/aromatic N) is 2. The zero-order valence-corrected chi connectivity index (χ0v) is 38.1. The molecule has 3 rings (SSSR count). The van der Waals surface area contributed by atoms with Gasteiger partial charge in [0.1, 0.15) is 17.1 Å². The molecule has 0 heterocycles. The van der Waals surface area contributed by atoms with Crippen LogP contribution in [-0.4, -0.2) is 40.6 Å². The Kier molecular flexibility index (Phi) is 15.3. The van der Waals surface area contributed by atoms with Crippen molar-refractivity contribution < 1.29 is 24.6 Å². The number of phenols is 1. The molecule has 0 spiro atoms. The van der Waals surface area contributed by atoms with Crippen molar-refractivity contribution in [3.05, 3.63) is 91.5 Å². The summed E-state index contributed by atoms with van der Waals surface area (Å²) < 4.78 is 13.4. The Morgan fingerprint density at radius 1 is 0.719 bits per heavy atom. The number of benzene rings is 3. The van der Waals surface area contributed by atoms with Crippen LogP contribution in [0, 0.1) is 16.0 Å². The van der Waals surface area contributed by atoms with Gasteiger partial charge in [0.2, 0.25) is 5.75 Å². The summed E-state index contributed by atoms with van der Waals surface area (Å²) in [6.45, 7) is 35.8. The average Bonchev–Trinajstić information content (AvgIpc) is 3.10. The van der Waals surface area contributed by atoms with Gasteiger partial charge in [-0.1, -0.05) is 136 Å². The molecule has 57 heavy (non-hydrogen) atoms. The summed E-state index contributed by atoms with van der Waals surface area (Å²) in [5.74, 6) is 1.06. The molecular formula is C49H74N2O6. The number of aliphatic imine (C=N–C) groups is 1. The van der Waals surface area contributed by atoms with Gasteiger partial charge in [0.15, 0.2) is 0 Å². The number of ether oxygens (including phenoxy) is 2. The number of aliphatic hydroxyl groups is 1. The zero-order valence-electron chi connectivity index (χ0n) is 38.1. The van der Waals surface area contributed by atoms with Gasteiger partial charge in [0.05, 0.1) is 24.2 Å². The Bertz CT molecular complexity index is 1710. The highest BCUT2D eigenvalue weighted by atomic mass is 16.6. The van der Waals surface area contributed by atoms with E-state index < -0.39 is 28.0 Å². The lowest BCUT2D eigenvalue weighted by Gasteiger charge is -2.42. The van der Waals surface area contributed by atoms with Crippen LogP contribution in [0.4, 0.5) is 5.69 Å². The molecule has 0 saturated carbocycles. The topological polar surface area (TPSA) is 114 Å². The highest BCUT2D eigenvalue weighted by Gasteiger charge is 2.46. The Labute approximate surface area is 344 Å². The molecule has 0 aliphatic carbocycles. The molecule has 0 aromatic heterocycles. The molecule has 2 unspecified atom stereocenters. The van der Waals surface area contributed by atoms with Crippen LogP contribution in [-0.2, 0) is 27.3 Å². The van der Waals surface area contributed by atoms with Crippen molar-refractivity contribution in [1.82, 2.24) is 0 Å². The van der Waals surface area contributed by atoms with E-state index in [9.17, 15) is 20.3 Å². The summed E-state index contributed by atoms with van der Waals surface area (Å²) in [5, 5.41) is 37.0. The number of hydrogen-bond donors (Lipinski definition) is 2. The third-order valence-electron chi connectivity index (χ3n) is 11.0. The molecule has 8 heteroatoms. The second kappa shape index (κ2) is 18.3. The van der Waals surface area contributed by atoms with E-state index in [-0.39, 0.29) is 33.1 Å². The first kappa shape index (κ1) is 47.5. The SMILES string of the molecule is CCCCOc1c(C(C)(C)C)cc(C(O)(c2cc(C(C)(C)C)c(OCCCC)c(C(C)(C)C)c2)C(N=Cc2cccc([N+](=O)[O-])c2O)C(C)CC)cc1C(C)(C)C. The van der Waals surface area contributed by atoms with E-state index in [0.717, 1.165) is 59.4 Å². The van der Waals surface area contributed by atoms with Gasteiger partial charge in [-0.05, 0) is 81.9 Å². The quantitative estimate of drug-likeness (QED) is 0.0647. The van der Waals surface area contributed by atoms with E-state index in [0.29, 0.717) is 30.8 Å². The van der Waals surface area contributed by atoms with E-state index in [2.05, 4.69) is 135 Å². The maximum absolute atomic E-state index is 14.2. The normalized spacial score (nSPS) is 14.2. The van der Waals surface area contributed by atoms with Crippen LogP contribution < -0.4 is 9.47 Å². The van der Waals surface area contributed by atoms with E-state index in [4.69, 9.17) is 14.5 Å². The molecule has 3 aromatic rings. The number of nitro groups is 1. The Balaban J connectivity index is 2.70. The second-order valence-electron chi connectivity index (χ2n) is 20.1. The standard InChI is InChI=1S/C49H74N2O6/c1-17-20-25-56-42-36(45(5,6)7)27-34(28-37(42)46(8,9)10)49(53,44(32(4)19-3)50-31-33-23-22-24-40(41(33)52)51(54)55)35-29-38(47(11,12)13)43(57-26-21-18-2)39(30-35)48(14,15)16/h22-24,27-32,44,52-53H,17-21,25-26H2,1-16H3. The van der Waals surface area contributed by atoms with E-state index in [1.807, 2.05) is 0 Å². The van der Waals surface area contributed by atoms with Gasteiger partial charge in [-0.25, -0.2) is 0 Å². The second-order valence-corrected chi connectivity index (χ2v) is 20.1. The van der Waals surface area contributed by atoms with Gasteiger partial charge in [0, 0.05) is 40.1 Å². The van der Waals surface area contributed by atoms with Crippen LogP contribution in [0.1, 0.15) is 182 Å². The van der Waals surface area contributed by atoms with Gasteiger partial charge >= 0.3 is 5.69 Å². The first-order valence-corrected chi connectivity index (χ1v) is 21.1. The summed E-state index contributed by atoms with van der Waals surface area (Å²) in [6.07, 6.45) is 6.02. The number of nitro benzene ring substituents is 1. The number of para-hydroxylation sites is 1. The molecular weight excluding hydrogens is 713 g/mol. The van der Waals surface area contributed by atoms with Crippen molar-refractivity contribution in [3.63, 3.8) is 0 Å². The molecule has 0 bridgehead atoms. The summed E-state index contributed by atoms with van der Waals surface area (Å²) in [4.78, 5) is 16.4. The van der Waals surface area contributed by atoms with Crippen LogP contribution in [0.2, 0.25) is 0 Å². The van der Waals surface area contributed by atoms with Crippen LogP contribution in [0.3, 0.4) is 0 Å². The number of phenolic OH excluding ortho intramolecular Hbond substituents is 1. The fraction of sp³-hybridized carbons (Fsp3) is 0.612. The molecule has 8 nitrogen and oxygen atoms in total. The maximum atomic E-state index is 14.2. The summed E-state index contributed by atoms with van der Waals surface area (Å²) in [6, 6.07) is 12.1. The molecule has 0 fully saturated rings. The minimum atomic E-state index is -1.73. The van der Waals surface area contributed by atoms with Gasteiger partial charge in [-0.15, -0.1) is 0 Å². The molecule has 2 atom stereocenters. The van der Waals surface area contributed by atoms with E-state index in [1.165, 1.54) is 18.3 Å². The van der Waals surface area contributed by atoms with Gasteiger partial charge in [-0.2, -0.15) is 0 Å². The largest absolute Gasteiger partial charge is 0.502 e. The number of aromatic hydroxyl groups is 1. The fourth-order valence-electron chi connectivity index (χ4n) is 7.23. The maximum Gasteiger partial charge on any atom is 0.311 e. The molecule has 0 aliphatic heterocycles. The summed E-state index contributed by atoms with van der Waals surface area (Å²) in [5.41, 5.74) is 2.00. The molecule has 0 saturated heterocycles. The van der Waals surface area contributed by atoms with Crippen molar-refractivity contribution in [2.45, 2.75) is 176 Å². The van der Waals surface area contributed by atoms with Gasteiger partial charge in [-0.3, -0.25) is 15.1 Å². The van der Waals surface area contributed by atoms with Crippen molar-refractivity contribution in [3.8, 4) is 17.2 Å². The predicted octanol–water partition coefficient (Wildman–Crippen LogP) is 12.6. The Hall–Kier alpha value is -3.91. The first-order valence-electron chi connectivity index (χ1n) is 21.1. The van der Waals surface area contributed by atoms with Crippen LogP contribution in [0.15, 0.2) is 47.5 Å². The highest BCUT2D eigenvalue weighted by Crippen LogP contribution is 2.50. The Morgan fingerprint density at radius 3 is 1.42 bits per heavy atom. The predicted molar refractivity (Wildman–Crippen MR) is 237 cm³/mol. The molecule has 0 amide bonds. The lowest BCUT2D eigenvalue weighted by molar-refractivity contribution is -0.385. The molecule has 0 aliphatic rings. The third-order valence-corrected chi connectivity index (χ3v) is 11.0. The highest BCUT2D eigenvalue weighted by molar-refractivity contribution is 5.85. The minimum Gasteiger partial charge on any atom is -0.502 e.